The van der Waals surface area contributed by atoms with Gasteiger partial charge in [0.15, 0.2) is 0 Å². The molecule has 1 N–H and O–H groups in total. The topological polar surface area (TPSA) is 12.0 Å². The van der Waals surface area contributed by atoms with Gasteiger partial charge in [-0.25, -0.2) is 0 Å². The van der Waals surface area contributed by atoms with Crippen LogP contribution in [0.5, 0.6) is 0 Å². The first-order valence-corrected chi connectivity index (χ1v) is 7.48. The minimum atomic E-state index is 0.717. The Bertz CT molecular complexity index is 344. The summed E-state index contributed by atoms with van der Waals surface area (Å²) >= 11 is 0. The van der Waals surface area contributed by atoms with Crippen LogP contribution in [-0.2, 0) is 13.0 Å². The van der Waals surface area contributed by atoms with Crippen LogP contribution >= 0.6 is 0 Å². The van der Waals surface area contributed by atoms with Crippen molar-refractivity contribution in [3.63, 3.8) is 0 Å². The van der Waals surface area contributed by atoms with Crippen LogP contribution in [0.1, 0.15) is 51.2 Å². The van der Waals surface area contributed by atoms with Gasteiger partial charge in [0.25, 0.3) is 0 Å². The van der Waals surface area contributed by atoms with E-state index in [0.717, 1.165) is 30.8 Å². The first-order valence-electron chi connectivity index (χ1n) is 7.48. The minimum absolute atomic E-state index is 0.717. The van der Waals surface area contributed by atoms with Crippen molar-refractivity contribution in [1.82, 2.24) is 5.32 Å². The van der Waals surface area contributed by atoms with E-state index in [2.05, 4.69) is 50.4 Å². The third-order valence-corrected chi connectivity index (χ3v) is 4.20. The number of nitrogens with one attached hydrogen (secondary N) is 1. The van der Waals surface area contributed by atoms with Crippen molar-refractivity contribution in [3.8, 4) is 0 Å². The van der Waals surface area contributed by atoms with E-state index in [9.17, 15) is 0 Å². The van der Waals surface area contributed by atoms with Crippen LogP contribution in [0, 0.1) is 11.8 Å². The summed E-state index contributed by atoms with van der Waals surface area (Å²) < 4.78 is 0. The van der Waals surface area contributed by atoms with Crippen LogP contribution in [0.4, 0.5) is 0 Å². The summed E-state index contributed by atoms with van der Waals surface area (Å²) in [7, 11) is 0. The van der Waals surface area contributed by atoms with Crippen LogP contribution in [0.3, 0.4) is 0 Å². The highest BCUT2D eigenvalue weighted by molar-refractivity contribution is 5.22. The molecule has 0 spiro atoms. The third-order valence-electron chi connectivity index (χ3n) is 4.20. The van der Waals surface area contributed by atoms with Crippen molar-refractivity contribution < 1.29 is 0 Å². The SMILES string of the molecule is CCc1ccc(CNC2CC(C)CC(C)C2)cc1. The second kappa shape index (κ2) is 6.38. The van der Waals surface area contributed by atoms with E-state index in [4.69, 9.17) is 0 Å². The van der Waals surface area contributed by atoms with E-state index in [1.165, 1.54) is 30.4 Å². The lowest BCUT2D eigenvalue weighted by atomic mass is 9.80. The standard InChI is InChI=1S/C17H27N/c1-4-15-5-7-16(8-6-15)12-18-17-10-13(2)9-14(3)11-17/h5-8,13-14,17-18H,4,9-12H2,1-3H3. The van der Waals surface area contributed by atoms with Gasteiger partial charge >= 0.3 is 0 Å². The molecule has 0 aromatic heterocycles. The predicted octanol–water partition coefficient (Wildman–Crippen LogP) is 4.16. The Kier molecular flexibility index (Phi) is 4.82. The molecule has 0 heterocycles. The van der Waals surface area contributed by atoms with Crippen LogP contribution in [0.25, 0.3) is 0 Å². The molecule has 1 aliphatic rings. The van der Waals surface area contributed by atoms with Gasteiger partial charge in [-0.05, 0) is 48.6 Å². The van der Waals surface area contributed by atoms with Crippen LogP contribution in [0.2, 0.25) is 0 Å². The molecule has 1 aromatic rings. The molecule has 1 nitrogen and oxygen atoms in total. The first-order chi connectivity index (χ1) is 8.67. The molecule has 0 saturated heterocycles. The second-order valence-corrected chi connectivity index (χ2v) is 6.17. The van der Waals surface area contributed by atoms with Crippen LogP contribution < -0.4 is 5.32 Å². The fraction of sp³-hybridized carbons (Fsp3) is 0.647. The Balaban J connectivity index is 1.83. The Labute approximate surface area is 112 Å². The zero-order chi connectivity index (χ0) is 13.0. The number of aryl methyl sites for hydroxylation is 1. The Morgan fingerprint density at radius 1 is 0.944 bits per heavy atom. The summed E-state index contributed by atoms with van der Waals surface area (Å²) in [5.41, 5.74) is 2.84. The largest absolute Gasteiger partial charge is 0.310 e. The van der Waals surface area contributed by atoms with Gasteiger partial charge < -0.3 is 5.32 Å². The molecule has 1 heteroatoms. The van der Waals surface area contributed by atoms with E-state index in [-0.39, 0.29) is 0 Å². The molecule has 2 rings (SSSR count). The van der Waals surface area contributed by atoms with Gasteiger partial charge in [0, 0.05) is 12.6 Å². The monoisotopic (exact) mass is 245 g/mol. The van der Waals surface area contributed by atoms with E-state index >= 15 is 0 Å². The quantitative estimate of drug-likeness (QED) is 0.839. The van der Waals surface area contributed by atoms with Gasteiger partial charge in [-0.3, -0.25) is 0 Å². The average Bonchev–Trinajstić information content (AvgIpc) is 2.36. The Morgan fingerprint density at radius 3 is 2.06 bits per heavy atom. The van der Waals surface area contributed by atoms with Crippen molar-refractivity contribution >= 4 is 0 Å². The normalized spacial score (nSPS) is 28.3. The third kappa shape index (κ3) is 3.84. The predicted molar refractivity (Wildman–Crippen MR) is 78.6 cm³/mol. The zero-order valence-electron chi connectivity index (χ0n) is 12.1. The molecule has 0 amide bonds. The fourth-order valence-corrected chi connectivity index (χ4v) is 3.27. The summed E-state index contributed by atoms with van der Waals surface area (Å²) in [5.74, 6) is 1.77. The molecule has 1 aliphatic carbocycles. The summed E-state index contributed by atoms with van der Waals surface area (Å²) in [6, 6.07) is 9.75. The molecular formula is C17H27N. The highest BCUT2D eigenvalue weighted by atomic mass is 14.9. The minimum Gasteiger partial charge on any atom is -0.310 e. The Hall–Kier alpha value is -0.820. The van der Waals surface area contributed by atoms with Gasteiger partial charge in [-0.1, -0.05) is 45.0 Å². The van der Waals surface area contributed by atoms with E-state index in [1.54, 1.807) is 0 Å². The molecule has 0 radical (unpaired) electrons. The summed E-state index contributed by atoms with van der Waals surface area (Å²) in [6.07, 6.45) is 5.23. The second-order valence-electron chi connectivity index (χ2n) is 6.17. The van der Waals surface area contributed by atoms with Crippen LogP contribution in [-0.4, -0.2) is 6.04 Å². The maximum atomic E-state index is 3.74. The maximum absolute atomic E-state index is 3.74. The highest BCUT2D eigenvalue weighted by Gasteiger charge is 2.23. The first kappa shape index (κ1) is 13.6. The van der Waals surface area contributed by atoms with Gasteiger partial charge in [0.1, 0.15) is 0 Å². The number of rotatable bonds is 4. The van der Waals surface area contributed by atoms with Crippen molar-refractivity contribution in [3.05, 3.63) is 35.4 Å². The van der Waals surface area contributed by atoms with E-state index in [1.807, 2.05) is 0 Å². The van der Waals surface area contributed by atoms with Gasteiger partial charge in [0.05, 0.1) is 0 Å². The lowest BCUT2D eigenvalue weighted by Crippen LogP contribution is -2.35. The molecule has 0 bridgehead atoms. The Morgan fingerprint density at radius 2 is 1.50 bits per heavy atom. The van der Waals surface area contributed by atoms with Gasteiger partial charge in [0.2, 0.25) is 0 Å². The van der Waals surface area contributed by atoms with E-state index < -0.39 is 0 Å². The molecular weight excluding hydrogens is 218 g/mol. The molecule has 100 valence electrons. The molecule has 18 heavy (non-hydrogen) atoms. The fourth-order valence-electron chi connectivity index (χ4n) is 3.27. The summed E-state index contributed by atoms with van der Waals surface area (Å²) in [4.78, 5) is 0. The van der Waals surface area contributed by atoms with E-state index in [0.29, 0.717) is 0 Å². The molecule has 2 unspecified atom stereocenters. The zero-order valence-corrected chi connectivity index (χ0v) is 12.1. The average molecular weight is 245 g/mol. The maximum Gasteiger partial charge on any atom is 0.0208 e. The van der Waals surface area contributed by atoms with Crippen molar-refractivity contribution in [2.45, 2.75) is 59.0 Å². The lowest BCUT2D eigenvalue weighted by molar-refractivity contribution is 0.238. The smallest absolute Gasteiger partial charge is 0.0208 e. The molecule has 2 atom stereocenters. The summed E-state index contributed by atoms with van der Waals surface area (Å²) in [5, 5.41) is 3.74. The highest BCUT2D eigenvalue weighted by Crippen LogP contribution is 2.28. The lowest BCUT2D eigenvalue weighted by Gasteiger charge is -2.32. The molecule has 1 saturated carbocycles. The van der Waals surface area contributed by atoms with Gasteiger partial charge in [-0.2, -0.15) is 0 Å². The number of hydrogen-bond donors (Lipinski definition) is 1. The number of hydrogen-bond acceptors (Lipinski definition) is 1. The molecule has 0 aliphatic heterocycles. The van der Waals surface area contributed by atoms with Crippen molar-refractivity contribution in [2.24, 2.45) is 11.8 Å². The summed E-state index contributed by atoms with van der Waals surface area (Å²) in [6.45, 7) is 8.01. The van der Waals surface area contributed by atoms with Crippen molar-refractivity contribution in [1.29, 1.82) is 0 Å². The number of benzene rings is 1. The van der Waals surface area contributed by atoms with Gasteiger partial charge in [-0.15, -0.1) is 0 Å². The van der Waals surface area contributed by atoms with Crippen molar-refractivity contribution in [2.75, 3.05) is 0 Å². The molecule has 1 aromatic carbocycles. The van der Waals surface area contributed by atoms with Crippen LogP contribution in [0.15, 0.2) is 24.3 Å². The molecule has 1 fully saturated rings.